The Labute approximate surface area is 110 Å². The molecule has 0 aliphatic rings. The van der Waals surface area contributed by atoms with Crippen molar-refractivity contribution in [3.05, 3.63) is 34.1 Å². The van der Waals surface area contributed by atoms with Gasteiger partial charge in [0.2, 0.25) is 0 Å². The van der Waals surface area contributed by atoms with Crippen molar-refractivity contribution in [1.82, 2.24) is 0 Å². The molecule has 1 unspecified atom stereocenters. The largest absolute Gasteiger partial charge is 0.351 e. The molecule has 0 aromatic heterocycles. The lowest BCUT2D eigenvalue weighted by atomic mass is 10.2. The first-order chi connectivity index (χ1) is 6.40. The summed E-state index contributed by atoms with van der Waals surface area (Å²) >= 11 is 9.32. The van der Waals surface area contributed by atoms with E-state index in [-0.39, 0.29) is 12.4 Å². The van der Waals surface area contributed by atoms with Crippen LogP contribution in [-0.2, 0) is 11.3 Å². The highest BCUT2D eigenvalue weighted by molar-refractivity contribution is 14.1. The number of alkyl halides is 1. The molecule has 0 aliphatic heterocycles. The molecule has 0 spiro atoms. The predicted molar refractivity (Wildman–Crippen MR) is 70.3 cm³/mol. The lowest BCUT2D eigenvalue weighted by Gasteiger charge is -2.16. The Balaban J connectivity index is 2.73. The minimum atomic E-state index is -0.577. The highest BCUT2D eigenvalue weighted by atomic mass is 127. The normalized spacial score (nSPS) is 15.2. The van der Waals surface area contributed by atoms with Gasteiger partial charge in [-0.15, -0.1) is 12.6 Å². The third-order valence-electron chi connectivity index (χ3n) is 1.52. The highest BCUT2D eigenvalue weighted by Crippen LogP contribution is 2.27. The molecule has 78 valence electrons. The van der Waals surface area contributed by atoms with Gasteiger partial charge in [-0.3, -0.25) is 0 Å². The zero-order valence-corrected chi connectivity index (χ0v) is 12.1. The quantitative estimate of drug-likeness (QED) is 0.353. The zero-order chi connectivity index (χ0) is 10.8. The molecule has 1 aromatic carbocycles. The smallest absolute Gasteiger partial charge is 0.159 e. The maximum absolute atomic E-state index is 13.4. The van der Waals surface area contributed by atoms with E-state index >= 15 is 0 Å². The fourth-order valence-electron chi connectivity index (χ4n) is 0.869. The van der Waals surface area contributed by atoms with Crippen molar-refractivity contribution in [1.29, 1.82) is 0 Å². The Hall–Kier alpha value is 0.670. The Morgan fingerprint density at radius 1 is 1.64 bits per heavy atom. The van der Waals surface area contributed by atoms with E-state index < -0.39 is 2.94 Å². The molecule has 0 radical (unpaired) electrons. The van der Waals surface area contributed by atoms with Crippen molar-refractivity contribution < 1.29 is 9.13 Å². The van der Waals surface area contributed by atoms with E-state index in [1.54, 1.807) is 25.1 Å². The Morgan fingerprint density at radius 2 is 2.29 bits per heavy atom. The number of rotatable bonds is 3. The zero-order valence-electron chi connectivity index (χ0n) is 7.43. The van der Waals surface area contributed by atoms with Crippen molar-refractivity contribution in [3.63, 3.8) is 0 Å². The molecule has 0 N–H and O–H groups in total. The summed E-state index contributed by atoms with van der Waals surface area (Å²) in [5.74, 6) is -0.276. The minimum absolute atomic E-state index is 0.216. The van der Waals surface area contributed by atoms with Crippen LogP contribution in [-0.4, -0.2) is 2.94 Å². The van der Waals surface area contributed by atoms with Crippen LogP contribution in [0.15, 0.2) is 22.7 Å². The van der Waals surface area contributed by atoms with Crippen molar-refractivity contribution in [2.24, 2.45) is 0 Å². The van der Waals surface area contributed by atoms with E-state index in [4.69, 9.17) is 4.74 Å². The first kappa shape index (κ1) is 12.7. The van der Waals surface area contributed by atoms with Crippen LogP contribution in [0.3, 0.4) is 0 Å². The molecule has 0 fully saturated rings. The third kappa shape index (κ3) is 4.04. The van der Waals surface area contributed by atoms with E-state index in [1.165, 1.54) is 0 Å². The number of thiol groups is 1. The molecular formula is C9H9BrFIOS. The molecule has 1 rings (SSSR count). The summed E-state index contributed by atoms with van der Waals surface area (Å²) in [5, 5.41) is 0. The lowest BCUT2D eigenvalue weighted by molar-refractivity contribution is 0.0983. The summed E-state index contributed by atoms with van der Waals surface area (Å²) in [4.78, 5) is 0. The van der Waals surface area contributed by atoms with Gasteiger partial charge in [-0.2, -0.15) is 0 Å². The van der Waals surface area contributed by atoms with E-state index in [2.05, 4.69) is 28.6 Å². The number of hydrogen-bond acceptors (Lipinski definition) is 2. The van der Waals surface area contributed by atoms with Gasteiger partial charge in [-0.25, -0.2) is 4.39 Å². The lowest BCUT2D eigenvalue weighted by Crippen LogP contribution is -2.11. The summed E-state index contributed by atoms with van der Waals surface area (Å²) in [6.45, 7) is 2.01. The number of hydrogen-bond donors (Lipinski definition) is 1. The average molecular weight is 391 g/mol. The van der Waals surface area contributed by atoms with Crippen molar-refractivity contribution in [2.45, 2.75) is 16.5 Å². The maximum Gasteiger partial charge on any atom is 0.159 e. The monoisotopic (exact) mass is 390 g/mol. The standard InChI is InChI=1S/C9H9BrFIOS/c1-9(12,14)13-5-6-3-2-4-7(10)8(6)11/h2-4,14H,5H2,1H3. The van der Waals surface area contributed by atoms with Crippen LogP contribution in [0.2, 0.25) is 0 Å². The van der Waals surface area contributed by atoms with Gasteiger partial charge >= 0.3 is 0 Å². The van der Waals surface area contributed by atoms with Crippen LogP contribution in [0, 0.1) is 5.82 Å². The van der Waals surface area contributed by atoms with Crippen LogP contribution < -0.4 is 0 Å². The van der Waals surface area contributed by atoms with Crippen LogP contribution in [0.4, 0.5) is 4.39 Å². The van der Waals surface area contributed by atoms with Gasteiger partial charge in [0.05, 0.1) is 11.1 Å². The molecule has 0 bridgehead atoms. The molecule has 1 nitrogen and oxygen atoms in total. The van der Waals surface area contributed by atoms with E-state index in [9.17, 15) is 4.39 Å². The van der Waals surface area contributed by atoms with E-state index in [0.717, 1.165) is 0 Å². The first-order valence-corrected chi connectivity index (χ1v) is 6.20. The SMILES string of the molecule is CC(S)(I)OCc1cccc(Br)c1F. The molecule has 0 heterocycles. The molecule has 14 heavy (non-hydrogen) atoms. The van der Waals surface area contributed by atoms with Gasteiger partial charge in [0.1, 0.15) is 5.82 Å². The topological polar surface area (TPSA) is 9.23 Å². The van der Waals surface area contributed by atoms with Crippen LogP contribution in [0.25, 0.3) is 0 Å². The molecule has 0 amide bonds. The van der Waals surface area contributed by atoms with E-state index in [0.29, 0.717) is 10.0 Å². The van der Waals surface area contributed by atoms with Gasteiger partial charge in [-0.05, 0) is 51.5 Å². The molecule has 0 saturated heterocycles. The van der Waals surface area contributed by atoms with Crippen molar-refractivity contribution in [3.8, 4) is 0 Å². The van der Waals surface area contributed by atoms with Gasteiger partial charge in [0.25, 0.3) is 0 Å². The average Bonchev–Trinajstić information content (AvgIpc) is 2.06. The summed E-state index contributed by atoms with van der Waals surface area (Å²) in [6.07, 6.45) is 0. The fraction of sp³-hybridized carbons (Fsp3) is 0.333. The Kier molecular flexibility index (Phi) is 4.67. The summed E-state index contributed by atoms with van der Waals surface area (Å²) in [6, 6.07) is 5.12. The van der Waals surface area contributed by atoms with Crippen LogP contribution >= 0.6 is 51.1 Å². The van der Waals surface area contributed by atoms with Gasteiger partial charge < -0.3 is 4.74 Å². The second-order valence-corrected chi connectivity index (χ2v) is 7.49. The summed E-state index contributed by atoms with van der Waals surface area (Å²) < 4.78 is 18.6. The molecule has 5 heteroatoms. The van der Waals surface area contributed by atoms with Crippen LogP contribution in [0.5, 0.6) is 0 Å². The fourth-order valence-corrected chi connectivity index (χ4v) is 1.50. The highest BCUT2D eigenvalue weighted by Gasteiger charge is 2.15. The summed E-state index contributed by atoms with van der Waals surface area (Å²) in [5.41, 5.74) is 0.524. The minimum Gasteiger partial charge on any atom is -0.351 e. The van der Waals surface area contributed by atoms with Gasteiger partial charge in [-0.1, -0.05) is 12.1 Å². The predicted octanol–water partition coefficient (Wildman–Crippen LogP) is 4.14. The molecule has 1 atom stereocenters. The molecule has 0 aliphatic carbocycles. The van der Waals surface area contributed by atoms with Gasteiger partial charge in [0, 0.05) is 5.56 Å². The number of ether oxygens (including phenoxy) is 1. The second kappa shape index (κ2) is 5.14. The molecule has 0 saturated carbocycles. The molecule has 1 aromatic rings. The number of benzene rings is 1. The Morgan fingerprint density at radius 3 is 2.86 bits per heavy atom. The van der Waals surface area contributed by atoms with Crippen LogP contribution in [0.1, 0.15) is 12.5 Å². The van der Waals surface area contributed by atoms with Gasteiger partial charge in [0.15, 0.2) is 2.94 Å². The molecular weight excluding hydrogens is 382 g/mol. The third-order valence-corrected chi connectivity index (χ3v) is 2.58. The van der Waals surface area contributed by atoms with Crippen molar-refractivity contribution in [2.75, 3.05) is 0 Å². The van der Waals surface area contributed by atoms with Crippen molar-refractivity contribution >= 4 is 51.1 Å². The number of halogens is 3. The maximum atomic E-state index is 13.4. The second-order valence-electron chi connectivity index (χ2n) is 2.87. The first-order valence-electron chi connectivity index (χ1n) is 3.88. The Bertz CT molecular complexity index is 327. The summed E-state index contributed by atoms with van der Waals surface area (Å²) in [7, 11) is 0. The van der Waals surface area contributed by atoms with E-state index in [1.807, 2.05) is 22.6 Å².